The molecule has 120 valence electrons. The van der Waals surface area contributed by atoms with Crippen molar-refractivity contribution in [3.05, 3.63) is 41.7 Å². The predicted molar refractivity (Wildman–Crippen MR) is 88.0 cm³/mol. The summed E-state index contributed by atoms with van der Waals surface area (Å²) in [7, 11) is 0. The molecular formula is C15H18N6OS. The largest absolute Gasteiger partial charge is 0.346 e. The Labute approximate surface area is 137 Å². The van der Waals surface area contributed by atoms with Gasteiger partial charge >= 0.3 is 0 Å². The topological polar surface area (TPSA) is 88.5 Å². The number of hydrogen-bond donors (Lipinski definition) is 2. The van der Waals surface area contributed by atoms with Gasteiger partial charge in [0, 0.05) is 0 Å². The molecule has 0 saturated carbocycles. The molecule has 1 atom stereocenters. The lowest BCUT2D eigenvalue weighted by molar-refractivity contribution is 0.0912. The third-order valence-electron chi connectivity index (χ3n) is 3.54. The van der Waals surface area contributed by atoms with E-state index in [4.69, 9.17) is 0 Å². The smallest absolute Gasteiger partial charge is 0.272 e. The molecule has 0 bridgehead atoms. The molecule has 2 N–H and O–H groups in total. The van der Waals surface area contributed by atoms with Gasteiger partial charge in [-0.25, -0.2) is 0 Å². The highest BCUT2D eigenvalue weighted by Gasteiger charge is 2.20. The maximum absolute atomic E-state index is 12.4. The molecule has 3 rings (SSSR count). The molecule has 0 radical (unpaired) electrons. The molecule has 3 aromatic rings. The van der Waals surface area contributed by atoms with Gasteiger partial charge < -0.3 is 5.32 Å². The minimum atomic E-state index is -0.199. The molecule has 3 aromatic heterocycles. The Kier molecular flexibility index (Phi) is 4.52. The number of carbonyl (C=O) groups excluding carboxylic acids is 1. The fraction of sp³-hybridized carbons (Fsp3) is 0.333. The van der Waals surface area contributed by atoms with Crippen molar-refractivity contribution in [3.8, 4) is 10.6 Å². The van der Waals surface area contributed by atoms with Crippen LogP contribution in [0.2, 0.25) is 0 Å². The van der Waals surface area contributed by atoms with Crippen LogP contribution in [0, 0.1) is 5.92 Å². The highest BCUT2D eigenvalue weighted by Crippen LogP contribution is 2.22. The first-order valence-corrected chi connectivity index (χ1v) is 8.25. The van der Waals surface area contributed by atoms with Crippen molar-refractivity contribution in [2.24, 2.45) is 5.92 Å². The summed E-state index contributed by atoms with van der Waals surface area (Å²) in [6, 6.07) is 5.65. The summed E-state index contributed by atoms with van der Waals surface area (Å²) >= 11 is 1.60. The van der Waals surface area contributed by atoms with Crippen LogP contribution in [-0.4, -0.2) is 37.1 Å². The highest BCUT2D eigenvalue weighted by molar-refractivity contribution is 7.13. The third-order valence-corrected chi connectivity index (χ3v) is 4.45. The summed E-state index contributed by atoms with van der Waals surface area (Å²) in [5.41, 5.74) is 1.23. The number of hydrogen-bond acceptors (Lipinski definition) is 5. The molecule has 8 heteroatoms. The van der Waals surface area contributed by atoms with E-state index >= 15 is 0 Å². The van der Waals surface area contributed by atoms with Gasteiger partial charge in [0.2, 0.25) is 0 Å². The van der Waals surface area contributed by atoms with Gasteiger partial charge in [0.15, 0.2) is 5.69 Å². The second kappa shape index (κ2) is 6.74. The van der Waals surface area contributed by atoms with Gasteiger partial charge in [-0.15, -0.1) is 11.3 Å². The van der Waals surface area contributed by atoms with E-state index in [1.54, 1.807) is 34.6 Å². The van der Waals surface area contributed by atoms with Crippen molar-refractivity contribution in [1.82, 2.24) is 30.5 Å². The van der Waals surface area contributed by atoms with E-state index in [1.807, 2.05) is 17.5 Å². The molecule has 0 aliphatic heterocycles. The average Bonchev–Trinajstić information content (AvgIpc) is 3.27. The van der Waals surface area contributed by atoms with E-state index in [-0.39, 0.29) is 17.9 Å². The minimum absolute atomic E-state index is 0.0724. The second-order valence-electron chi connectivity index (χ2n) is 5.55. The van der Waals surface area contributed by atoms with Crippen molar-refractivity contribution in [2.75, 3.05) is 0 Å². The number of H-pyrrole nitrogens is 1. The molecule has 0 saturated heterocycles. The number of nitrogens with zero attached hydrogens (tertiary/aromatic N) is 4. The van der Waals surface area contributed by atoms with Gasteiger partial charge in [0.05, 0.1) is 35.6 Å². The lowest BCUT2D eigenvalue weighted by Crippen LogP contribution is -2.42. The van der Waals surface area contributed by atoms with Gasteiger partial charge in [0.25, 0.3) is 5.91 Å². The van der Waals surface area contributed by atoms with Crippen molar-refractivity contribution in [3.63, 3.8) is 0 Å². The molecule has 1 unspecified atom stereocenters. The molecule has 0 aliphatic carbocycles. The zero-order chi connectivity index (χ0) is 16.2. The van der Waals surface area contributed by atoms with E-state index in [2.05, 4.69) is 39.6 Å². The first-order chi connectivity index (χ1) is 11.1. The summed E-state index contributed by atoms with van der Waals surface area (Å²) < 4.78 is 0. The first-order valence-electron chi connectivity index (χ1n) is 7.37. The average molecular weight is 330 g/mol. The summed E-state index contributed by atoms with van der Waals surface area (Å²) in [5, 5.41) is 20.2. The molecule has 0 spiro atoms. The van der Waals surface area contributed by atoms with E-state index in [1.165, 1.54) is 0 Å². The number of thiophene rings is 1. The standard InChI is InChI=1S/C15H18N6OS/c1-10(2)13(9-21-16-5-6-17-21)18-15(22)12-8-11(19-20-12)14-4-3-7-23-14/h3-8,10,13H,9H2,1-2H3,(H,18,22)(H,19,20). The van der Waals surface area contributed by atoms with Crippen molar-refractivity contribution >= 4 is 17.2 Å². The fourth-order valence-electron chi connectivity index (χ4n) is 2.18. The Morgan fingerprint density at radius 2 is 2.17 bits per heavy atom. The van der Waals surface area contributed by atoms with Crippen molar-refractivity contribution in [1.29, 1.82) is 0 Å². The first kappa shape index (κ1) is 15.4. The Hall–Kier alpha value is -2.48. The third kappa shape index (κ3) is 3.65. The second-order valence-corrected chi connectivity index (χ2v) is 6.50. The van der Waals surface area contributed by atoms with Gasteiger partial charge in [-0.2, -0.15) is 20.1 Å². The van der Waals surface area contributed by atoms with Crippen LogP contribution in [0.3, 0.4) is 0 Å². The zero-order valence-electron chi connectivity index (χ0n) is 12.9. The molecule has 23 heavy (non-hydrogen) atoms. The molecule has 1 amide bonds. The zero-order valence-corrected chi connectivity index (χ0v) is 13.7. The SMILES string of the molecule is CC(C)C(Cn1nccn1)NC(=O)c1cc(-c2cccs2)[nH]n1. The van der Waals surface area contributed by atoms with Crippen LogP contribution in [0.1, 0.15) is 24.3 Å². The number of aromatic nitrogens is 5. The van der Waals surface area contributed by atoms with E-state index in [9.17, 15) is 4.79 Å². The van der Waals surface area contributed by atoms with Crippen LogP contribution in [0.15, 0.2) is 36.0 Å². The molecule has 0 aromatic carbocycles. The molecule has 0 fully saturated rings. The highest BCUT2D eigenvalue weighted by atomic mass is 32.1. The maximum Gasteiger partial charge on any atom is 0.272 e. The monoisotopic (exact) mass is 330 g/mol. The van der Waals surface area contributed by atoms with Crippen LogP contribution in [-0.2, 0) is 6.54 Å². The number of nitrogens with one attached hydrogen (secondary N) is 2. The molecular weight excluding hydrogens is 312 g/mol. The summed E-state index contributed by atoms with van der Waals surface area (Å²) in [4.78, 5) is 15.1. The van der Waals surface area contributed by atoms with Crippen LogP contribution in [0.25, 0.3) is 10.6 Å². The lowest BCUT2D eigenvalue weighted by atomic mass is 10.0. The number of aromatic amines is 1. The molecule has 0 aliphatic rings. The van der Waals surface area contributed by atoms with Crippen LogP contribution in [0.5, 0.6) is 0 Å². The normalized spacial score (nSPS) is 12.5. The molecule has 7 nitrogen and oxygen atoms in total. The number of carbonyl (C=O) groups is 1. The van der Waals surface area contributed by atoms with E-state index < -0.39 is 0 Å². The van der Waals surface area contributed by atoms with Crippen molar-refractivity contribution < 1.29 is 4.79 Å². The number of rotatable bonds is 6. The van der Waals surface area contributed by atoms with Crippen molar-refractivity contribution in [2.45, 2.75) is 26.4 Å². The quantitative estimate of drug-likeness (QED) is 0.725. The minimum Gasteiger partial charge on any atom is -0.346 e. The maximum atomic E-state index is 12.4. The molecule has 3 heterocycles. The van der Waals surface area contributed by atoms with Crippen LogP contribution in [0.4, 0.5) is 0 Å². The summed E-state index contributed by atoms with van der Waals surface area (Å²) in [5.74, 6) is 0.0515. The summed E-state index contributed by atoms with van der Waals surface area (Å²) in [6.45, 7) is 4.63. The van der Waals surface area contributed by atoms with E-state index in [0.717, 1.165) is 10.6 Å². The fourth-order valence-corrected chi connectivity index (χ4v) is 2.87. The Bertz CT molecular complexity index is 747. The lowest BCUT2D eigenvalue weighted by Gasteiger charge is -2.21. The van der Waals surface area contributed by atoms with Gasteiger partial charge in [-0.3, -0.25) is 9.89 Å². The Morgan fingerprint density at radius 3 is 2.83 bits per heavy atom. The van der Waals surface area contributed by atoms with Crippen LogP contribution >= 0.6 is 11.3 Å². The Balaban J connectivity index is 1.69. The number of amides is 1. The van der Waals surface area contributed by atoms with Gasteiger partial charge in [-0.1, -0.05) is 19.9 Å². The predicted octanol–water partition coefficient (Wildman–Crippen LogP) is 2.18. The van der Waals surface area contributed by atoms with Gasteiger partial charge in [-0.05, 0) is 23.4 Å². The van der Waals surface area contributed by atoms with Gasteiger partial charge in [0.1, 0.15) is 0 Å². The Morgan fingerprint density at radius 1 is 1.39 bits per heavy atom. The summed E-state index contributed by atoms with van der Waals surface area (Å²) in [6.07, 6.45) is 3.25. The van der Waals surface area contributed by atoms with E-state index in [0.29, 0.717) is 12.2 Å². The van der Waals surface area contributed by atoms with Crippen LogP contribution < -0.4 is 5.32 Å².